The lowest BCUT2D eigenvalue weighted by Crippen LogP contribution is -2.08. The number of hydrogen-bond acceptors (Lipinski definition) is 4. The molecule has 2 aromatic rings. The predicted molar refractivity (Wildman–Crippen MR) is 69.7 cm³/mol. The van der Waals surface area contributed by atoms with Gasteiger partial charge in [0.25, 0.3) is 0 Å². The number of benzene rings is 1. The Balaban J connectivity index is 1.80. The summed E-state index contributed by atoms with van der Waals surface area (Å²) in [4.78, 5) is 10.8. The number of carboxylic acids is 1. The smallest absolute Gasteiger partial charge is 0.358 e. The molecule has 0 spiro atoms. The van der Waals surface area contributed by atoms with Gasteiger partial charge in [0.2, 0.25) is 0 Å². The maximum atomic E-state index is 10.8. The van der Waals surface area contributed by atoms with Gasteiger partial charge in [-0.3, -0.25) is 4.68 Å². The molecular weight excluding hydrogens is 246 g/mol. The molecule has 0 aliphatic heterocycles. The second kappa shape index (κ2) is 6.01. The van der Waals surface area contributed by atoms with Crippen LogP contribution in [0.15, 0.2) is 36.5 Å². The number of nitrogen functional groups attached to an aromatic ring is 1. The number of nitrogens with two attached hydrogens (primary N) is 1. The highest BCUT2D eigenvalue weighted by Crippen LogP contribution is 2.08. The zero-order chi connectivity index (χ0) is 13.7. The van der Waals surface area contributed by atoms with E-state index in [-0.39, 0.29) is 11.4 Å². The van der Waals surface area contributed by atoms with E-state index in [1.165, 1.54) is 10.9 Å². The zero-order valence-electron chi connectivity index (χ0n) is 10.3. The zero-order valence-corrected chi connectivity index (χ0v) is 10.3. The molecule has 0 unspecified atom stereocenters. The third kappa shape index (κ3) is 3.56. The van der Waals surface area contributed by atoms with Crippen LogP contribution in [0, 0.1) is 0 Å². The predicted octanol–water partition coefficient (Wildman–Crippen LogP) is 1.38. The van der Waals surface area contributed by atoms with Crippen LogP contribution < -0.4 is 5.73 Å². The molecule has 0 fully saturated rings. The SMILES string of the molecule is Nc1cn(CCOCc2ccccc2)nc1C(=O)O. The molecule has 0 radical (unpaired) electrons. The average molecular weight is 261 g/mol. The molecule has 2 rings (SSSR count). The molecule has 6 heteroatoms. The number of ether oxygens (including phenoxy) is 1. The summed E-state index contributed by atoms with van der Waals surface area (Å²) >= 11 is 0. The van der Waals surface area contributed by atoms with E-state index in [2.05, 4.69) is 5.10 Å². The lowest BCUT2D eigenvalue weighted by atomic mass is 10.2. The number of hydrogen-bond donors (Lipinski definition) is 2. The Kier molecular flexibility index (Phi) is 4.15. The molecule has 0 amide bonds. The van der Waals surface area contributed by atoms with Crippen molar-refractivity contribution in [3.05, 3.63) is 47.8 Å². The number of carbonyl (C=O) groups is 1. The van der Waals surface area contributed by atoms with Crippen LogP contribution in [-0.2, 0) is 17.9 Å². The second-order valence-electron chi connectivity index (χ2n) is 4.04. The Morgan fingerprint density at radius 1 is 1.37 bits per heavy atom. The van der Waals surface area contributed by atoms with Gasteiger partial charge >= 0.3 is 5.97 Å². The Labute approximate surface area is 110 Å². The van der Waals surface area contributed by atoms with E-state index in [4.69, 9.17) is 15.6 Å². The first-order valence-electron chi connectivity index (χ1n) is 5.84. The fraction of sp³-hybridized carbons (Fsp3) is 0.231. The standard InChI is InChI=1S/C13H15N3O3/c14-11-8-16(15-12(11)13(17)18)6-7-19-9-10-4-2-1-3-5-10/h1-5,8H,6-7,9,14H2,(H,17,18). The average Bonchev–Trinajstić information content (AvgIpc) is 2.77. The van der Waals surface area contributed by atoms with E-state index in [1.54, 1.807) is 0 Å². The van der Waals surface area contributed by atoms with Crippen molar-refractivity contribution in [2.45, 2.75) is 13.2 Å². The minimum Gasteiger partial charge on any atom is -0.476 e. The minimum absolute atomic E-state index is 0.122. The van der Waals surface area contributed by atoms with Gasteiger partial charge in [-0.15, -0.1) is 0 Å². The van der Waals surface area contributed by atoms with Crippen LogP contribution in [0.3, 0.4) is 0 Å². The highest BCUT2D eigenvalue weighted by atomic mass is 16.5. The largest absolute Gasteiger partial charge is 0.476 e. The Morgan fingerprint density at radius 3 is 2.74 bits per heavy atom. The quantitative estimate of drug-likeness (QED) is 0.767. The van der Waals surface area contributed by atoms with Crippen molar-refractivity contribution in [3.8, 4) is 0 Å². The number of carboxylic acid groups (broad SMARTS) is 1. The van der Waals surface area contributed by atoms with Crippen LogP contribution in [0.5, 0.6) is 0 Å². The maximum Gasteiger partial charge on any atom is 0.358 e. The summed E-state index contributed by atoms with van der Waals surface area (Å²) in [6, 6.07) is 9.81. The lowest BCUT2D eigenvalue weighted by molar-refractivity contribution is 0.0689. The Bertz CT molecular complexity index is 552. The van der Waals surface area contributed by atoms with E-state index in [0.717, 1.165) is 5.56 Å². The molecule has 0 aliphatic carbocycles. The molecule has 1 aromatic heterocycles. The van der Waals surface area contributed by atoms with Crippen LogP contribution in [0.25, 0.3) is 0 Å². The van der Waals surface area contributed by atoms with Crippen molar-refractivity contribution < 1.29 is 14.6 Å². The molecule has 100 valence electrons. The molecule has 6 nitrogen and oxygen atoms in total. The van der Waals surface area contributed by atoms with Crippen LogP contribution >= 0.6 is 0 Å². The molecule has 1 aromatic carbocycles. The van der Waals surface area contributed by atoms with Gasteiger partial charge in [0.15, 0.2) is 5.69 Å². The molecule has 0 bridgehead atoms. The highest BCUT2D eigenvalue weighted by Gasteiger charge is 2.12. The fourth-order valence-corrected chi connectivity index (χ4v) is 1.64. The second-order valence-corrected chi connectivity index (χ2v) is 4.04. The third-order valence-electron chi connectivity index (χ3n) is 2.57. The first-order chi connectivity index (χ1) is 9.16. The van der Waals surface area contributed by atoms with E-state index in [1.807, 2.05) is 30.3 Å². The lowest BCUT2D eigenvalue weighted by Gasteiger charge is -2.04. The number of aromatic nitrogens is 2. The van der Waals surface area contributed by atoms with E-state index in [9.17, 15) is 4.79 Å². The van der Waals surface area contributed by atoms with Gasteiger partial charge in [-0.2, -0.15) is 5.10 Å². The van der Waals surface area contributed by atoms with Crippen LogP contribution in [-0.4, -0.2) is 27.5 Å². The number of rotatable bonds is 6. The number of anilines is 1. The summed E-state index contributed by atoms with van der Waals surface area (Å²) in [5.74, 6) is -1.12. The van der Waals surface area contributed by atoms with Crippen molar-refractivity contribution in [3.63, 3.8) is 0 Å². The first kappa shape index (κ1) is 13.1. The fourth-order valence-electron chi connectivity index (χ4n) is 1.64. The van der Waals surface area contributed by atoms with Crippen molar-refractivity contribution in [1.29, 1.82) is 0 Å². The highest BCUT2D eigenvalue weighted by molar-refractivity contribution is 5.91. The van der Waals surface area contributed by atoms with Gasteiger partial charge in [0.1, 0.15) is 0 Å². The minimum atomic E-state index is -1.12. The van der Waals surface area contributed by atoms with Crippen molar-refractivity contribution in [2.24, 2.45) is 0 Å². The Hall–Kier alpha value is -2.34. The summed E-state index contributed by atoms with van der Waals surface area (Å²) < 4.78 is 6.96. The van der Waals surface area contributed by atoms with E-state index >= 15 is 0 Å². The van der Waals surface area contributed by atoms with Gasteiger partial charge < -0.3 is 15.6 Å². The summed E-state index contributed by atoms with van der Waals surface area (Å²) in [6.07, 6.45) is 1.50. The molecule has 1 heterocycles. The van der Waals surface area contributed by atoms with E-state index in [0.29, 0.717) is 19.8 Å². The van der Waals surface area contributed by atoms with Gasteiger partial charge in [0.05, 0.1) is 25.4 Å². The van der Waals surface area contributed by atoms with Gasteiger partial charge in [-0.1, -0.05) is 30.3 Å². The van der Waals surface area contributed by atoms with Gasteiger partial charge in [0, 0.05) is 6.20 Å². The first-order valence-corrected chi connectivity index (χ1v) is 5.84. The van der Waals surface area contributed by atoms with Crippen molar-refractivity contribution >= 4 is 11.7 Å². The normalized spacial score (nSPS) is 10.5. The molecule has 0 aliphatic rings. The Morgan fingerprint density at radius 2 is 2.11 bits per heavy atom. The number of aromatic carboxylic acids is 1. The monoisotopic (exact) mass is 261 g/mol. The van der Waals surface area contributed by atoms with Crippen LogP contribution in [0.1, 0.15) is 16.1 Å². The summed E-state index contributed by atoms with van der Waals surface area (Å²) in [6.45, 7) is 1.42. The third-order valence-corrected chi connectivity index (χ3v) is 2.57. The molecule has 0 atom stereocenters. The molecule has 0 saturated heterocycles. The van der Waals surface area contributed by atoms with Crippen LogP contribution in [0.2, 0.25) is 0 Å². The topological polar surface area (TPSA) is 90.4 Å². The molecule has 3 N–H and O–H groups in total. The van der Waals surface area contributed by atoms with Crippen LogP contribution in [0.4, 0.5) is 5.69 Å². The summed E-state index contributed by atoms with van der Waals surface area (Å²) in [5, 5.41) is 12.7. The van der Waals surface area contributed by atoms with Crippen molar-refractivity contribution in [1.82, 2.24) is 9.78 Å². The van der Waals surface area contributed by atoms with Crippen molar-refractivity contribution in [2.75, 3.05) is 12.3 Å². The van der Waals surface area contributed by atoms with E-state index < -0.39 is 5.97 Å². The maximum absolute atomic E-state index is 10.8. The molecule has 0 saturated carbocycles. The van der Waals surface area contributed by atoms with Gasteiger partial charge in [-0.05, 0) is 5.56 Å². The summed E-state index contributed by atoms with van der Waals surface area (Å²) in [5.41, 5.74) is 6.66. The number of nitrogens with zero attached hydrogens (tertiary/aromatic N) is 2. The summed E-state index contributed by atoms with van der Waals surface area (Å²) in [7, 11) is 0. The molecule has 19 heavy (non-hydrogen) atoms. The molecular formula is C13H15N3O3. The van der Waals surface area contributed by atoms with Gasteiger partial charge in [-0.25, -0.2) is 4.79 Å².